The average Bonchev–Trinajstić information content (AvgIpc) is 2.74. The Morgan fingerprint density at radius 2 is 2.20 bits per heavy atom. The summed E-state index contributed by atoms with van der Waals surface area (Å²) in [4.78, 5) is 2.38. The number of rotatable bonds is 4. The molecule has 0 aliphatic carbocycles. The van der Waals surface area contributed by atoms with Gasteiger partial charge in [0, 0.05) is 24.6 Å². The van der Waals surface area contributed by atoms with Crippen LogP contribution in [0.25, 0.3) is 0 Å². The molecule has 1 aliphatic heterocycles. The largest absolute Gasteiger partial charge is 0.306 e. The van der Waals surface area contributed by atoms with Gasteiger partial charge in [-0.1, -0.05) is 27.5 Å². The van der Waals surface area contributed by atoms with E-state index in [4.69, 9.17) is 11.6 Å². The minimum atomic E-state index is -3.53. The van der Waals surface area contributed by atoms with Gasteiger partial charge in [0.1, 0.15) is 4.90 Å². The fourth-order valence-electron chi connectivity index (χ4n) is 2.49. The first-order chi connectivity index (χ1) is 9.30. The molecule has 1 fully saturated rings. The lowest BCUT2D eigenvalue weighted by Gasteiger charge is -2.21. The molecule has 0 radical (unpaired) electrons. The Labute approximate surface area is 133 Å². The molecule has 0 spiro atoms. The molecule has 0 aromatic heterocycles. The van der Waals surface area contributed by atoms with Crippen LogP contribution in [0.4, 0.5) is 0 Å². The highest BCUT2D eigenvalue weighted by molar-refractivity contribution is 9.10. The summed E-state index contributed by atoms with van der Waals surface area (Å²) in [6.07, 6.45) is 1.03. The maximum Gasteiger partial charge on any atom is 0.244 e. The van der Waals surface area contributed by atoms with E-state index in [1.165, 1.54) is 4.31 Å². The fraction of sp³-hybridized carbons (Fsp3) is 0.538. The number of hydrogen-bond acceptors (Lipinski definition) is 3. The van der Waals surface area contributed by atoms with E-state index in [0.29, 0.717) is 12.5 Å². The highest BCUT2D eigenvalue weighted by Gasteiger charge is 2.28. The lowest BCUT2D eigenvalue weighted by Crippen LogP contribution is -2.33. The van der Waals surface area contributed by atoms with E-state index in [1.807, 2.05) is 0 Å². The van der Waals surface area contributed by atoms with E-state index in [-0.39, 0.29) is 9.92 Å². The van der Waals surface area contributed by atoms with Gasteiger partial charge in [-0.15, -0.1) is 0 Å². The highest BCUT2D eigenvalue weighted by Crippen LogP contribution is 2.28. The van der Waals surface area contributed by atoms with E-state index in [9.17, 15) is 8.42 Å². The molecule has 1 unspecified atom stereocenters. The lowest BCUT2D eigenvalue weighted by atomic mass is 10.1. The topological polar surface area (TPSA) is 40.6 Å². The monoisotopic (exact) mass is 380 g/mol. The Balaban J connectivity index is 2.17. The van der Waals surface area contributed by atoms with Crippen LogP contribution in [0.1, 0.15) is 6.42 Å². The van der Waals surface area contributed by atoms with Crippen LogP contribution in [0.2, 0.25) is 5.02 Å². The van der Waals surface area contributed by atoms with Crippen molar-refractivity contribution in [2.24, 2.45) is 5.92 Å². The molecule has 4 nitrogen and oxygen atoms in total. The third-order valence-electron chi connectivity index (χ3n) is 3.59. The van der Waals surface area contributed by atoms with Gasteiger partial charge in [-0.2, -0.15) is 0 Å². The molecule has 1 atom stereocenters. The molecule has 0 bridgehead atoms. The van der Waals surface area contributed by atoms with Crippen molar-refractivity contribution in [3.8, 4) is 0 Å². The zero-order valence-electron chi connectivity index (χ0n) is 11.5. The zero-order chi connectivity index (χ0) is 14.9. The minimum Gasteiger partial charge on any atom is -0.306 e. The summed E-state index contributed by atoms with van der Waals surface area (Å²) in [5.41, 5.74) is 0. The quantitative estimate of drug-likeness (QED) is 0.805. The SMILES string of the molecule is CN1CCC(CN(C)S(=O)(=O)c2ccc(Br)cc2Cl)C1. The molecule has 1 aromatic carbocycles. The second-order valence-corrected chi connectivity index (χ2v) is 8.61. The Morgan fingerprint density at radius 1 is 1.50 bits per heavy atom. The molecule has 0 N–H and O–H groups in total. The summed E-state index contributed by atoms with van der Waals surface area (Å²) in [5.74, 6) is 0.383. The average molecular weight is 382 g/mol. The van der Waals surface area contributed by atoms with Crippen molar-refractivity contribution >= 4 is 37.6 Å². The molecule has 1 saturated heterocycles. The molecule has 0 saturated carbocycles. The smallest absolute Gasteiger partial charge is 0.244 e. The molecule has 112 valence electrons. The summed E-state index contributed by atoms with van der Waals surface area (Å²) in [6, 6.07) is 4.83. The molecule has 0 amide bonds. The van der Waals surface area contributed by atoms with Gasteiger partial charge < -0.3 is 4.90 Å². The van der Waals surface area contributed by atoms with Crippen molar-refractivity contribution in [3.63, 3.8) is 0 Å². The summed E-state index contributed by atoms with van der Waals surface area (Å²) >= 11 is 9.33. The highest BCUT2D eigenvalue weighted by atomic mass is 79.9. The zero-order valence-corrected chi connectivity index (χ0v) is 14.7. The van der Waals surface area contributed by atoms with Crippen molar-refractivity contribution in [3.05, 3.63) is 27.7 Å². The van der Waals surface area contributed by atoms with Gasteiger partial charge in [0.2, 0.25) is 10.0 Å². The summed E-state index contributed by atoms with van der Waals surface area (Å²) in [7, 11) is 0.143. The number of benzene rings is 1. The second kappa shape index (κ2) is 6.32. The third kappa shape index (κ3) is 3.54. The van der Waals surface area contributed by atoms with Crippen LogP contribution in [0.5, 0.6) is 0 Å². The summed E-state index contributed by atoms with van der Waals surface area (Å²) in [5, 5.41) is 0.245. The van der Waals surface area contributed by atoms with Gasteiger partial charge in [0.05, 0.1) is 5.02 Å². The van der Waals surface area contributed by atoms with Crippen LogP contribution in [0.15, 0.2) is 27.6 Å². The number of sulfonamides is 1. The van der Waals surface area contributed by atoms with Crippen molar-refractivity contribution in [1.29, 1.82) is 0 Å². The predicted octanol–water partition coefficient (Wildman–Crippen LogP) is 2.67. The minimum absolute atomic E-state index is 0.163. The van der Waals surface area contributed by atoms with Crippen molar-refractivity contribution < 1.29 is 8.42 Å². The molecule has 1 aliphatic rings. The van der Waals surface area contributed by atoms with E-state index in [1.54, 1.807) is 25.2 Å². The molecule has 1 heterocycles. The molecular weight excluding hydrogens is 364 g/mol. The molecule has 2 rings (SSSR count). The summed E-state index contributed by atoms with van der Waals surface area (Å²) < 4.78 is 27.3. The van der Waals surface area contributed by atoms with Gasteiger partial charge in [0.15, 0.2) is 0 Å². The van der Waals surface area contributed by atoms with Crippen LogP contribution in [0, 0.1) is 5.92 Å². The molecule has 20 heavy (non-hydrogen) atoms. The second-order valence-electron chi connectivity index (χ2n) is 5.28. The number of hydrogen-bond donors (Lipinski definition) is 0. The van der Waals surface area contributed by atoms with Gasteiger partial charge >= 0.3 is 0 Å². The lowest BCUT2D eigenvalue weighted by molar-refractivity contribution is 0.357. The van der Waals surface area contributed by atoms with Crippen molar-refractivity contribution in [2.75, 3.05) is 33.7 Å². The Bertz CT molecular complexity index is 594. The van der Waals surface area contributed by atoms with Crippen LogP contribution in [-0.4, -0.2) is 51.4 Å². The molecular formula is C13H18BrClN2O2S. The first-order valence-electron chi connectivity index (χ1n) is 6.40. The van der Waals surface area contributed by atoms with E-state index < -0.39 is 10.0 Å². The maximum absolute atomic E-state index is 12.5. The Hall–Kier alpha value is -0.140. The first-order valence-corrected chi connectivity index (χ1v) is 9.01. The van der Waals surface area contributed by atoms with Gasteiger partial charge in [-0.05, 0) is 44.1 Å². The number of nitrogens with zero attached hydrogens (tertiary/aromatic N) is 2. The van der Waals surface area contributed by atoms with Crippen molar-refractivity contribution in [2.45, 2.75) is 11.3 Å². The molecule has 1 aromatic rings. The van der Waals surface area contributed by atoms with E-state index >= 15 is 0 Å². The molecule has 7 heteroatoms. The van der Waals surface area contributed by atoms with Crippen molar-refractivity contribution in [1.82, 2.24) is 9.21 Å². The van der Waals surface area contributed by atoms with Gasteiger partial charge in [0.25, 0.3) is 0 Å². The maximum atomic E-state index is 12.5. The number of halogens is 2. The van der Waals surface area contributed by atoms with Crippen LogP contribution in [0.3, 0.4) is 0 Å². The summed E-state index contributed by atoms with van der Waals surface area (Å²) in [6.45, 7) is 2.49. The number of likely N-dealkylation sites (tertiary alicyclic amines) is 1. The van der Waals surface area contributed by atoms with Gasteiger partial charge in [-0.25, -0.2) is 12.7 Å². The van der Waals surface area contributed by atoms with Crippen LogP contribution < -0.4 is 0 Å². The van der Waals surface area contributed by atoms with E-state index in [2.05, 4.69) is 27.9 Å². The first kappa shape index (κ1) is 16.2. The predicted molar refractivity (Wildman–Crippen MR) is 84.6 cm³/mol. The Kier molecular flexibility index (Phi) is 5.13. The normalized spacial score (nSPS) is 20.8. The van der Waals surface area contributed by atoms with E-state index in [0.717, 1.165) is 24.0 Å². The standard InChI is InChI=1S/C13H18BrClN2O2S/c1-16-6-5-10(8-16)9-17(2)20(18,19)13-4-3-11(14)7-12(13)15/h3-4,7,10H,5-6,8-9H2,1-2H3. The fourth-order valence-corrected chi connectivity index (χ4v) is 4.74. The van der Waals surface area contributed by atoms with Crippen LogP contribution in [-0.2, 0) is 10.0 Å². The Morgan fingerprint density at radius 3 is 2.75 bits per heavy atom. The van der Waals surface area contributed by atoms with Crippen LogP contribution >= 0.6 is 27.5 Å². The third-order valence-corrected chi connectivity index (χ3v) is 6.39. The van der Waals surface area contributed by atoms with Gasteiger partial charge in [-0.3, -0.25) is 0 Å².